The first-order valence-corrected chi connectivity index (χ1v) is 15.0. The zero-order valence-electron chi connectivity index (χ0n) is 21.7. The Morgan fingerprint density at radius 2 is 1.75 bits per heavy atom. The number of rotatable bonds is 12. The van der Waals surface area contributed by atoms with Gasteiger partial charge in [-0.3, -0.25) is 13.9 Å². The highest BCUT2D eigenvalue weighted by Gasteiger charge is 2.42. The van der Waals surface area contributed by atoms with Crippen LogP contribution in [0.1, 0.15) is 65.7 Å². The van der Waals surface area contributed by atoms with Gasteiger partial charge in [-0.15, -0.1) is 0 Å². The average Bonchev–Trinajstić information content (AvgIpc) is 2.94. The van der Waals surface area contributed by atoms with Gasteiger partial charge in [0.2, 0.25) is 0 Å². The molecule has 0 radical (unpaired) electrons. The molecule has 6 nitrogen and oxygen atoms in total. The normalized spacial score (nSPS) is 17.1. The molecule has 0 amide bonds. The molecule has 0 aromatic heterocycles. The summed E-state index contributed by atoms with van der Waals surface area (Å²) in [5, 5.41) is 0.364. The van der Waals surface area contributed by atoms with Crippen molar-refractivity contribution in [3.8, 4) is 5.75 Å². The molecular formula is C28H40ClNO5S. The van der Waals surface area contributed by atoms with Gasteiger partial charge in [0.05, 0.1) is 35.2 Å². The lowest BCUT2D eigenvalue weighted by atomic mass is 9.79. The van der Waals surface area contributed by atoms with Crippen molar-refractivity contribution >= 4 is 39.5 Å². The average molecular weight is 538 g/mol. The SMILES string of the molecule is CCCCC1(CCCC)CN(c2ccccc2)c2cc(Cl)c(OCCC(=O)OCC)cc2S(O)(O)C1. The number of ether oxygens (including phenoxy) is 2. The Balaban J connectivity index is 2.06. The van der Waals surface area contributed by atoms with E-state index in [-0.39, 0.29) is 24.4 Å². The Hall–Kier alpha value is -1.93. The highest BCUT2D eigenvalue weighted by molar-refractivity contribution is 8.24. The maximum Gasteiger partial charge on any atom is 0.309 e. The van der Waals surface area contributed by atoms with E-state index < -0.39 is 10.6 Å². The van der Waals surface area contributed by atoms with Crippen molar-refractivity contribution in [2.75, 3.05) is 30.4 Å². The van der Waals surface area contributed by atoms with E-state index in [4.69, 9.17) is 21.1 Å². The number of fused-ring (bicyclic) bond motifs is 1. The Kier molecular flexibility index (Phi) is 10.4. The fourth-order valence-corrected chi connectivity index (χ4v) is 7.33. The number of para-hydroxylation sites is 1. The summed E-state index contributed by atoms with van der Waals surface area (Å²) in [5.74, 6) is 0.294. The first-order valence-electron chi connectivity index (χ1n) is 13.0. The Morgan fingerprint density at radius 3 is 2.36 bits per heavy atom. The van der Waals surface area contributed by atoms with Crippen molar-refractivity contribution in [2.45, 2.75) is 70.6 Å². The molecule has 1 aliphatic rings. The molecule has 0 bridgehead atoms. The quantitative estimate of drug-likeness (QED) is 0.265. The van der Waals surface area contributed by atoms with Gasteiger partial charge >= 0.3 is 5.97 Å². The number of anilines is 2. The van der Waals surface area contributed by atoms with Crippen molar-refractivity contribution in [3.05, 3.63) is 47.5 Å². The molecule has 2 aromatic rings. The second kappa shape index (κ2) is 13.0. The molecule has 36 heavy (non-hydrogen) atoms. The fourth-order valence-electron chi connectivity index (χ4n) is 4.93. The van der Waals surface area contributed by atoms with Crippen LogP contribution in [0, 0.1) is 5.41 Å². The topological polar surface area (TPSA) is 79.2 Å². The summed E-state index contributed by atoms with van der Waals surface area (Å²) in [4.78, 5) is 14.4. The molecule has 3 rings (SSSR count). The van der Waals surface area contributed by atoms with E-state index >= 15 is 0 Å². The number of esters is 1. The monoisotopic (exact) mass is 537 g/mol. The van der Waals surface area contributed by atoms with E-state index in [9.17, 15) is 13.9 Å². The predicted molar refractivity (Wildman–Crippen MR) is 149 cm³/mol. The zero-order chi connectivity index (χ0) is 26.2. The Morgan fingerprint density at radius 1 is 1.08 bits per heavy atom. The summed E-state index contributed by atoms with van der Waals surface area (Å²) in [6.45, 7) is 7.19. The van der Waals surface area contributed by atoms with Crippen LogP contribution < -0.4 is 9.64 Å². The van der Waals surface area contributed by atoms with Crippen LogP contribution in [-0.2, 0) is 9.53 Å². The highest BCUT2D eigenvalue weighted by Crippen LogP contribution is 2.62. The molecule has 0 atom stereocenters. The lowest BCUT2D eigenvalue weighted by Crippen LogP contribution is -2.37. The van der Waals surface area contributed by atoms with Gasteiger partial charge in [-0.05, 0) is 38.0 Å². The number of hydrogen-bond donors (Lipinski definition) is 2. The number of halogens is 1. The molecule has 8 heteroatoms. The van der Waals surface area contributed by atoms with E-state index in [2.05, 4.69) is 18.7 Å². The van der Waals surface area contributed by atoms with Crippen molar-refractivity contribution in [3.63, 3.8) is 0 Å². The van der Waals surface area contributed by atoms with Gasteiger partial charge in [0.25, 0.3) is 0 Å². The molecule has 0 saturated heterocycles. The van der Waals surface area contributed by atoms with Crippen molar-refractivity contribution < 1.29 is 23.4 Å². The summed E-state index contributed by atoms with van der Waals surface area (Å²) >= 11 is 6.65. The lowest BCUT2D eigenvalue weighted by Gasteiger charge is -2.42. The molecule has 0 spiro atoms. The summed E-state index contributed by atoms with van der Waals surface area (Å²) in [7, 11) is -3.15. The van der Waals surface area contributed by atoms with Crippen LogP contribution in [0.5, 0.6) is 5.75 Å². The maximum atomic E-state index is 11.7. The largest absolute Gasteiger partial charge is 0.491 e. The van der Waals surface area contributed by atoms with Gasteiger partial charge in [0.1, 0.15) is 5.75 Å². The number of nitrogens with zero attached hydrogens (tertiary/aromatic N) is 1. The molecule has 1 heterocycles. The third-order valence-corrected chi connectivity index (χ3v) is 9.06. The first kappa shape index (κ1) is 28.6. The standard InChI is InChI=1S/C28H40ClNO5S/c1-4-7-15-28(16-8-5-2)20-30(22-12-10-9-11-13-22)24-18-23(29)25(19-26(24)36(32,33)21-28)35-17-14-27(31)34-6-3/h9-13,18-19,32-33H,4-8,14-17,20-21H2,1-3H3. The molecule has 0 unspecified atom stereocenters. The van der Waals surface area contributed by atoms with Gasteiger partial charge in [0, 0.05) is 29.5 Å². The Labute approximate surface area is 222 Å². The summed E-state index contributed by atoms with van der Waals surface area (Å²) in [6.07, 6.45) is 6.10. The molecule has 0 saturated carbocycles. The van der Waals surface area contributed by atoms with E-state index in [1.807, 2.05) is 30.3 Å². The maximum absolute atomic E-state index is 11.7. The van der Waals surface area contributed by atoms with Crippen molar-refractivity contribution in [2.24, 2.45) is 5.41 Å². The van der Waals surface area contributed by atoms with Crippen LogP contribution in [0.2, 0.25) is 5.02 Å². The van der Waals surface area contributed by atoms with Crippen LogP contribution in [0.25, 0.3) is 0 Å². The number of benzene rings is 2. The second-order valence-electron chi connectivity index (χ2n) is 9.59. The van der Waals surface area contributed by atoms with Gasteiger partial charge in [-0.1, -0.05) is 69.3 Å². The number of hydrogen-bond acceptors (Lipinski definition) is 6. The minimum Gasteiger partial charge on any atom is -0.491 e. The van der Waals surface area contributed by atoms with Gasteiger partial charge in [0.15, 0.2) is 0 Å². The number of unbranched alkanes of at least 4 members (excludes halogenated alkanes) is 2. The zero-order valence-corrected chi connectivity index (χ0v) is 23.2. The van der Waals surface area contributed by atoms with E-state index in [0.717, 1.165) is 44.2 Å². The molecule has 2 aromatic carbocycles. The van der Waals surface area contributed by atoms with E-state index in [1.165, 1.54) is 0 Å². The van der Waals surface area contributed by atoms with Gasteiger partial charge in [-0.25, -0.2) is 0 Å². The molecular weight excluding hydrogens is 498 g/mol. The molecule has 0 fully saturated rings. The van der Waals surface area contributed by atoms with Gasteiger partial charge in [-0.2, -0.15) is 10.6 Å². The minimum atomic E-state index is -3.15. The van der Waals surface area contributed by atoms with Crippen molar-refractivity contribution in [1.82, 2.24) is 0 Å². The molecule has 1 aliphatic heterocycles. The number of carbonyl (C=O) groups excluding carboxylic acids is 1. The summed E-state index contributed by atoms with van der Waals surface area (Å²) < 4.78 is 34.1. The Bertz CT molecular complexity index is 993. The van der Waals surface area contributed by atoms with Crippen LogP contribution in [-0.4, -0.2) is 40.6 Å². The van der Waals surface area contributed by atoms with Crippen molar-refractivity contribution in [1.29, 1.82) is 0 Å². The molecule has 200 valence electrons. The number of carbonyl (C=O) groups is 1. The summed E-state index contributed by atoms with van der Waals surface area (Å²) in [5.41, 5.74) is 1.43. The van der Waals surface area contributed by atoms with Crippen LogP contribution in [0.4, 0.5) is 11.4 Å². The van der Waals surface area contributed by atoms with Crippen LogP contribution in [0.15, 0.2) is 47.4 Å². The van der Waals surface area contributed by atoms with Crippen LogP contribution >= 0.6 is 22.2 Å². The highest BCUT2D eigenvalue weighted by atomic mass is 35.5. The third kappa shape index (κ3) is 7.09. The predicted octanol–water partition coefficient (Wildman–Crippen LogP) is 8.30. The second-order valence-corrected chi connectivity index (χ2v) is 12.1. The first-order chi connectivity index (χ1) is 17.2. The van der Waals surface area contributed by atoms with Gasteiger partial charge < -0.3 is 14.4 Å². The third-order valence-electron chi connectivity index (χ3n) is 6.72. The summed E-state index contributed by atoms with van der Waals surface area (Å²) in [6, 6.07) is 13.5. The lowest BCUT2D eigenvalue weighted by molar-refractivity contribution is -0.143. The molecule has 0 aliphatic carbocycles. The van der Waals surface area contributed by atoms with Crippen LogP contribution in [0.3, 0.4) is 0 Å². The smallest absolute Gasteiger partial charge is 0.309 e. The molecule has 2 N–H and O–H groups in total. The fraction of sp³-hybridized carbons (Fsp3) is 0.536. The van der Waals surface area contributed by atoms with E-state index in [0.29, 0.717) is 40.3 Å². The minimum absolute atomic E-state index is 0.0881. The van der Waals surface area contributed by atoms with E-state index in [1.54, 1.807) is 19.1 Å².